The molecule has 1 N–H and O–H groups in total. The molecule has 2 aromatic carbocycles. The second-order valence-corrected chi connectivity index (χ2v) is 5.26. The van der Waals surface area contributed by atoms with E-state index in [-0.39, 0.29) is 6.61 Å². The van der Waals surface area contributed by atoms with Gasteiger partial charge in [-0.15, -0.1) is 0 Å². The fraction of sp³-hybridized carbons (Fsp3) is 0.200. The maximum Gasteiger partial charge on any atom is 0.131 e. The van der Waals surface area contributed by atoms with Crippen molar-refractivity contribution in [3.8, 4) is 5.75 Å². The van der Waals surface area contributed by atoms with Crippen molar-refractivity contribution in [2.45, 2.75) is 19.6 Å². The van der Waals surface area contributed by atoms with Gasteiger partial charge in [0, 0.05) is 21.2 Å². The lowest BCUT2D eigenvalue weighted by Gasteiger charge is -2.14. The SMILES string of the molecule is CC(O)c1cc(Cl)ccc1OCc1ccc(Cl)cc1F. The predicted octanol–water partition coefficient (Wildman–Crippen LogP) is 4.76. The molecule has 2 rings (SSSR count). The normalized spacial score (nSPS) is 12.2. The van der Waals surface area contributed by atoms with Crippen LogP contribution in [0.15, 0.2) is 36.4 Å². The molecule has 1 unspecified atom stereocenters. The van der Waals surface area contributed by atoms with Gasteiger partial charge in [0.25, 0.3) is 0 Å². The molecular weight excluding hydrogens is 302 g/mol. The number of rotatable bonds is 4. The topological polar surface area (TPSA) is 29.5 Å². The van der Waals surface area contributed by atoms with Gasteiger partial charge >= 0.3 is 0 Å². The number of ether oxygens (including phenoxy) is 1. The average Bonchev–Trinajstić information content (AvgIpc) is 2.38. The largest absolute Gasteiger partial charge is 0.488 e. The molecule has 20 heavy (non-hydrogen) atoms. The van der Waals surface area contributed by atoms with Crippen molar-refractivity contribution in [3.63, 3.8) is 0 Å². The van der Waals surface area contributed by atoms with Gasteiger partial charge in [0.05, 0.1) is 6.10 Å². The van der Waals surface area contributed by atoms with Crippen LogP contribution in [0.1, 0.15) is 24.2 Å². The maximum absolute atomic E-state index is 13.6. The molecule has 0 aliphatic heterocycles. The van der Waals surface area contributed by atoms with Gasteiger partial charge in [-0.3, -0.25) is 0 Å². The van der Waals surface area contributed by atoms with Crippen LogP contribution >= 0.6 is 23.2 Å². The van der Waals surface area contributed by atoms with Gasteiger partial charge in [0.15, 0.2) is 0 Å². The van der Waals surface area contributed by atoms with Gasteiger partial charge in [0.1, 0.15) is 18.2 Å². The highest BCUT2D eigenvalue weighted by molar-refractivity contribution is 6.30. The Balaban J connectivity index is 2.18. The summed E-state index contributed by atoms with van der Waals surface area (Å²) < 4.78 is 19.2. The molecule has 0 amide bonds. The van der Waals surface area contributed by atoms with Gasteiger partial charge < -0.3 is 9.84 Å². The number of benzene rings is 2. The van der Waals surface area contributed by atoms with Gasteiger partial charge in [-0.1, -0.05) is 29.3 Å². The number of aliphatic hydroxyl groups excluding tert-OH is 1. The molecule has 0 saturated heterocycles. The summed E-state index contributed by atoms with van der Waals surface area (Å²) in [5.41, 5.74) is 0.952. The molecule has 0 saturated carbocycles. The van der Waals surface area contributed by atoms with Crippen LogP contribution in [0.5, 0.6) is 5.75 Å². The fourth-order valence-electron chi connectivity index (χ4n) is 1.77. The predicted molar refractivity (Wildman–Crippen MR) is 77.8 cm³/mol. The summed E-state index contributed by atoms with van der Waals surface area (Å²) in [6.07, 6.45) is -0.723. The van der Waals surface area contributed by atoms with Crippen LogP contribution in [0.4, 0.5) is 4.39 Å². The van der Waals surface area contributed by atoms with Crippen molar-refractivity contribution < 1.29 is 14.2 Å². The van der Waals surface area contributed by atoms with Crippen LogP contribution < -0.4 is 4.74 Å². The van der Waals surface area contributed by atoms with Crippen molar-refractivity contribution in [1.29, 1.82) is 0 Å². The molecule has 1 atom stereocenters. The van der Waals surface area contributed by atoms with E-state index in [0.29, 0.717) is 26.9 Å². The Morgan fingerprint density at radius 1 is 1.15 bits per heavy atom. The van der Waals surface area contributed by atoms with Gasteiger partial charge in [-0.05, 0) is 37.3 Å². The third-order valence-corrected chi connectivity index (χ3v) is 3.29. The third kappa shape index (κ3) is 3.63. The van der Waals surface area contributed by atoms with Crippen molar-refractivity contribution in [2.24, 2.45) is 0 Å². The molecule has 0 aliphatic carbocycles. The van der Waals surface area contributed by atoms with Crippen LogP contribution in [0.2, 0.25) is 10.0 Å². The molecule has 0 bridgehead atoms. The molecule has 0 aliphatic rings. The van der Waals surface area contributed by atoms with E-state index in [0.717, 1.165) is 0 Å². The smallest absolute Gasteiger partial charge is 0.131 e. The zero-order valence-electron chi connectivity index (χ0n) is 10.7. The monoisotopic (exact) mass is 314 g/mol. The molecule has 5 heteroatoms. The van der Waals surface area contributed by atoms with Crippen molar-refractivity contribution in [3.05, 3.63) is 63.4 Å². The molecule has 0 spiro atoms. The van der Waals surface area contributed by atoms with Crippen molar-refractivity contribution in [1.82, 2.24) is 0 Å². The number of aliphatic hydroxyl groups is 1. The lowest BCUT2D eigenvalue weighted by atomic mass is 10.1. The van der Waals surface area contributed by atoms with Crippen LogP contribution in [0.3, 0.4) is 0 Å². The minimum Gasteiger partial charge on any atom is -0.488 e. The average molecular weight is 315 g/mol. The zero-order valence-corrected chi connectivity index (χ0v) is 12.2. The third-order valence-electron chi connectivity index (χ3n) is 2.82. The van der Waals surface area contributed by atoms with E-state index in [4.69, 9.17) is 27.9 Å². The number of hydrogen-bond donors (Lipinski definition) is 1. The van der Waals surface area contributed by atoms with Crippen LogP contribution in [0.25, 0.3) is 0 Å². The first-order valence-corrected chi connectivity index (χ1v) is 6.77. The Kier molecular flexibility index (Phi) is 4.86. The number of hydrogen-bond acceptors (Lipinski definition) is 2. The first-order chi connectivity index (χ1) is 9.47. The molecule has 2 nitrogen and oxygen atoms in total. The molecule has 0 heterocycles. The highest BCUT2D eigenvalue weighted by Crippen LogP contribution is 2.29. The summed E-state index contributed by atoms with van der Waals surface area (Å²) in [6, 6.07) is 9.33. The molecule has 106 valence electrons. The highest BCUT2D eigenvalue weighted by Gasteiger charge is 2.11. The standard InChI is InChI=1S/C15H13Cl2FO2/c1-9(19)13-6-11(16)4-5-15(13)20-8-10-2-3-12(17)7-14(10)18/h2-7,9,19H,8H2,1H3. The number of halogens is 3. The minimum absolute atomic E-state index is 0.0460. The van der Waals surface area contributed by atoms with Crippen LogP contribution in [-0.2, 0) is 6.61 Å². The molecule has 2 aromatic rings. The molecule has 0 aromatic heterocycles. The maximum atomic E-state index is 13.6. The quantitative estimate of drug-likeness (QED) is 0.881. The zero-order chi connectivity index (χ0) is 14.7. The Labute approximate surface area is 126 Å². The summed E-state index contributed by atoms with van der Waals surface area (Å²) >= 11 is 11.6. The van der Waals surface area contributed by atoms with E-state index in [1.54, 1.807) is 37.3 Å². The molecular formula is C15H13Cl2FO2. The summed E-state index contributed by atoms with van der Waals surface area (Å²) in [5.74, 6) is 0.0452. The van der Waals surface area contributed by atoms with E-state index >= 15 is 0 Å². The summed E-state index contributed by atoms with van der Waals surface area (Å²) in [4.78, 5) is 0. The van der Waals surface area contributed by atoms with E-state index in [9.17, 15) is 9.50 Å². The second kappa shape index (κ2) is 6.44. The van der Waals surface area contributed by atoms with E-state index < -0.39 is 11.9 Å². The second-order valence-electron chi connectivity index (χ2n) is 4.38. The van der Waals surface area contributed by atoms with Gasteiger partial charge in [-0.2, -0.15) is 0 Å². The van der Waals surface area contributed by atoms with Crippen molar-refractivity contribution >= 4 is 23.2 Å². The summed E-state index contributed by atoms with van der Waals surface area (Å²) in [6.45, 7) is 1.66. The summed E-state index contributed by atoms with van der Waals surface area (Å²) in [5, 5.41) is 10.5. The van der Waals surface area contributed by atoms with Crippen molar-refractivity contribution in [2.75, 3.05) is 0 Å². The van der Waals surface area contributed by atoms with E-state index in [1.165, 1.54) is 6.07 Å². The minimum atomic E-state index is -0.723. The lowest BCUT2D eigenvalue weighted by Crippen LogP contribution is -2.02. The molecule has 0 radical (unpaired) electrons. The Bertz CT molecular complexity index is 615. The van der Waals surface area contributed by atoms with Crippen LogP contribution in [0, 0.1) is 5.82 Å². The van der Waals surface area contributed by atoms with Crippen LogP contribution in [-0.4, -0.2) is 5.11 Å². The first kappa shape index (κ1) is 15.1. The fourth-order valence-corrected chi connectivity index (χ4v) is 2.11. The Hall–Kier alpha value is -1.29. The first-order valence-electron chi connectivity index (χ1n) is 6.01. The van der Waals surface area contributed by atoms with E-state index in [2.05, 4.69) is 0 Å². The lowest BCUT2D eigenvalue weighted by molar-refractivity contribution is 0.190. The molecule has 0 fully saturated rings. The van der Waals surface area contributed by atoms with Gasteiger partial charge in [-0.25, -0.2) is 4.39 Å². The Morgan fingerprint density at radius 3 is 2.45 bits per heavy atom. The van der Waals surface area contributed by atoms with Gasteiger partial charge in [0.2, 0.25) is 0 Å². The van der Waals surface area contributed by atoms with E-state index in [1.807, 2.05) is 0 Å². The summed E-state index contributed by atoms with van der Waals surface area (Å²) in [7, 11) is 0. The highest BCUT2D eigenvalue weighted by atomic mass is 35.5. The Morgan fingerprint density at radius 2 is 1.80 bits per heavy atom.